The average molecular weight is 488 g/mol. The number of carbonyl (C=O) groups excluding carboxylic acids is 1. The van der Waals surface area contributed by atoms with Crippen LogP contribution in [0.4, 0.5) is 11.4 Å². The van der Waals surface area contributed by atoms with Crippen molar-refractivity contribution in [2.45, 2.75) is 25.8 Å². The first-order valence-electron chi connectivity index (χ1n) is 11.2. The van der Waals surface area contributed by atoms with Crippen LogP contribution in [-0.2, 0) is 11.3 Å². The lowest BCUT2D eigenvalue weighted by atomic mass is 10.00. The molecule has 3 aromatic carbocycles. The predicted molar refractivity (Wildman–Crippen MR) is 135 cm³/mol. The second-order valence-corrected chi connectivity index (χ2v) is 9.33. The number of likely N-dealkylation sites (tertiary alicyclic amines) is 1. The van der Waals surface area contributed by atoms with Crippen molar-refractivity contribution >= 4 is 44.5 Å². The van der Waals surface area contributed by atoms with Gasteiger partial charge in [-0.25, -0.2) is 0 Å². The summed E-state index contributed by atoms with van der Waals surface area (Å²) in [6.45, 7) is 3.38. The molecule has 32 heavy (non-hydrogen) atoms. The summed E-state index contributed by atoms with van der Waals surface area (Å²) >= 11 is 3.50. The van der Waals surface area contributed by atoms with Crippen LogP contribution in [-0.4, -0.2) is 23.9 Å². The molecule has 2 aliphatic heterocycles. The third-order valence-electron chi connectivity index (χ3n) is 6.12. The maximum absolute atomic E-state index is 13.0. The molecule has 3 aromatic rings. The van der Waals surface area contributed by atoms with E-state index in [-0.39, 0.29) is 5.91 Å². The van der Waals surface area contributed by atoms with Crippen LogP contribution in [0.25, 0.3) is 11.3 Å². The van der Waals surface area contributed by atoms with Crippen molar-refractivity contribution in [1.29, 1.82) is 0 Å². The van der Waals surface area contributed by atoms with Crippen LogP contribution >= 0.6 is 15.9 Å². The van der Waals surface area contributed by atoms with Gasteiger partial charge >= 0.3 is 0 Å². The molecule has 0 aromatic heterocycles. The van der Waals surface area contributed by atoms with E-state index >= 15 is 0 Å². The van der Waals surface area contributed by atoms with E-state index in [0.29, 0.717) is 5.57 Å². The SMILES string of the molecule is O=C1Nc2cc(Br)ccc2/C1=C(/Nc1ccc(CN2CCCCC2)cc1)c1ccccc1. The minimum Gasteiger partial charge on any atom is -0.354 e. The number of hydrogen-bond donors (Lipinski definition) is 2. The zero-order valence-corrected chi connectivity index (χ0v) is 19.5. The van der Waals surface area contributed by atoms with Crippen molar-refractivity contribution in [2.75, 3.05) is 23.7 Å². The fourth-order valence-corrected chi connectivity index (χ4v) is 4.85. The third-order valence-corrected chi connectivity index (χ3v) is 6.61. The lowest BCUT2D eigenvalue weighted by Crippen LogP contribution is -2.29. The summed E-state index contributed by atoms with van der Waals surface area (Å²) in [4.78, 5) is 15.5. The molecule has 0 bridgehead atoms. The number of amides is 1. The highest BCUT2D eigenvalue weighted by Crippen LogP contribution is 2.38. The van der Waals surface area contributed by atoms with Gasteiger partial charge in [-0.1, -0.05) is 70.9 Å². The maximum Gasteiger partial charge on any atom is 0.258 e. The molecule has 2 aliphatic rings. The van der Waals surface area contributed by atoms with E-state index in [1.807, 2.05) is 48.5 Å². The third kappa shape index (κ3) is 4.50. The van der Waals surface area contributed by atoms with Crippen LogP contribution < -0.4 is 10.6 Å². The first-order valence-corrected chi connectivity index (χ1v) is 12.0. The Balaban J connectivity index is 1.47. The number of carbonyl (C=O) groups is 1. The van der Waals surface area contributed by atoms with E-state index in [0.717, 1.165) is 39.2 Å². The Morgan fingerprint density at radius 2 is 1.69 bits per heavy atom. The number of anilines is 2. The molecule has 1 amide bonds. The van der Waals surface area contributed by atoms with Gasteiger partial charge in [0.25, 0.3) is 5.91 Å². The Hall–Kier alpha value is -2.89. The zero-order valence-electron chi connectivity index (χ0n) is 17.9. The number of rotatable bonds is 5. The lowest BCUT2D eigenvalue weighted by molar-refractivity contribution is -0.110. The number of nitrogens with zero attached hydrogens (tertiary/aromatic N) is 1. The monoisotopic (exact) mass is 487 g/mol. The van der Waals surface area contributed by atoms with Crippen molar-refractivity contribution in [3.63, 3.8) is 0 Å². The Morgan fingerprint density at radius 3 is 2.44 bits per heavy atom. The van der Waals surface area contributed by atoms with Gasteiger partial charge in [0.15, 0.2) is 0 Å². The van der Waals surface area contributed by atoms with E-state index in [4.69, 9.17) is 0 Å². The molecule has 1 saturated heterocycles. The minimum absolute atomic E-state index is 0.0915. The van der Waals surface area contributed by atoms with Crippen molar-refractivity contribution in [1.82, 2.24) is 4.90 Å². The molecule has 2 heterocycles. The van der Waals surface area contributed by atoms with E-state index in [2.05, 4.69) is 55.7 Å². The van der Waals surface area contributed by atoms with Crippen molar-refractivity contribution in [3.05, 3.63) is 94.0 Å². The highest BCUT2D eigenvalue weighted by Gasteiger charge is 2.28. The van der Waals surface area contributed by atoms with Crippen LogP contribution in [0.3, 0.4) is 0 Å². The molecular formula is C27H26BrN3O. The Morgan fingerprint density at radius 1 is 0.938 bits per heavy atom. The van der Waals surface area contributed by atoms with E-state index in [1.165, 1.54) is 37.9 Å². The second-order valence-electron chi connectivity index (χ2n) is 8.42. The highest BCUT2D eigenvalue weighted by molar-refractivity contribution is 9.10. The zero-order chi connectivity index (χ0) is 21.9. The number of piperidine rings is 1. The van der Waals surface area contributed by atoms with Gasteiger partial charge in [0.2, 0.25) is 0 Å². The normalized spacial score (nSPS) is 17.6. The van der Waals surface area contributed by atoms with Gasteiger partial charge in [0.1, 0.15) is 0 Å². The van der Waals surface area contributed by atoms with E-state index in [9.17, 15) is 4.79 Å². The van der Waals surface area contributed by atoms with Gasteiger partial charge < -0.3 is 10.6 Å². The maximum atomic E-state index is 13.0. The standard InChI is InChI=1S/C27H26BrN3O/c28-21-11-14-23-24(17-21)30-27(32)25(23)26(20-7-3-1-4-8-20)29-22-12-9-19(10-13-22)18-31-15-5-2-6-16-31/h1,3-4,7-14,17,29H,2,5-6,15-16,18H2,(H,30,32)/b26-25-. The topological polar surface area (TPSA) is 44.4 Å². The first kappa shape index (κ1) is 21.0. The number of hydrogen-bond acceptors (Lipinski definition) is 3. The summed E-state index contributed by atoms with van der Waals surface area (Å²) < 4.78 is 0.941. The molecule has 1 fully saturated rings. The fraction of sp³-hybridized carbons (Fsp3) is 0.222. The number of fused-ring (bicyclic) bond motifs is 1. The largest absolute Gasteiger partial charge is 0.354 e. The lowest BCUT2D eigenvalue weighted by Gasteiger charge is -2.26. The molecule has 4 nitrogen and oxygen atoms in total. The molecule has 0 saturated carbocycles. The highest BCUT2D eigenvalue weighted by atomic mass is 79.9. The van der Waals surface area contributed by atoms with E-state index < -0.39 is 0 Å². The summed E-state index contributed by atoms with van der Waals surface area (Å²) in [5.74, 6) is -0.0915. The summed E-state index contributed by atoms with van der Waals surface area (Å²) in [6, 6.07) is 24.5. The average Bonchev–Trinajstić information content (AvgIpc) is 3.14. The van der Waals surface area contributed by atoms with Crippen LogP contribution in [0.2, 0.25) is 0 Å². The van der Waals surface area contributed by atoms with Gasteiger partial charge in [0, 0.05) is 22.3 Å². The molecule has 2 N–H and O–H groups in total. The smallest absolute Gasteiger partial charge is 0.258 e. The van der Waals surface area contributed by atoms with E-state index in [1.54, 1.807) is 0 Å². The molecule has 0 unspecified atom stereocenters. The summed E-state index contributed by atoms with van der Waals surface area (Å²) in [5.41, 5.74) is 6.48. The van der Waals surface area contributed by atoms with Crippen molar-refractivity contribution in [2.24, 2.45) is 0 Å². The Kier molecular flexibility index (Phi) is 6.10. The molecule has 0 spiro atoms. The van der Waals surface area contributed by atoms with Crippen molar-refractivity contribution < 1.29 is 4.79 Å². The van der Waals surface area contributed by atoms with Crippen LogP contribution in [0.5, 0.6) is 0 Å². The minimum atomic E-state index is -0.0915. The molecule has 5 heteroatoms. The van der Waals surface area contributed by atoms with Gasteiger partial charge in [-0.15, -0.1) is 0 Å². The quantitative estimate of drug-likeness (QED) is 0.411. The van der Waals surface area contributed by atoms with Crippen LogP contribution in [0, 0.1) is 0 Å². The van der Waals surface area contributed by atoms with Gasteiger partial charge in [-0.2, -0.15) is 0 Å². The summed E-state index contributed by atoms with van der Waals surface area (Å²) in [5, 5.41) is 6.55. The number of nitrogens with one attached hydrogen (secondary N) is 2. The van der Waals surface area contributed by atoms with Gasteiger partial charge in [0.05, 0.1) is 17.0 Å². The predicted octanol–water partition coefficient (Wildman–Crippen LogP) is 6.37. The molecule has 162 valence electrons. The fourth-order valence-electron chi connectivity index (χ4n) is 4.49. The molecule has 0 atom stereocenters. The molecular weight excluding hydrogens is 462 g/mol. The van der Waals surface area contributed by atoms with Crippen molar-refractivity contribution in [3.8, 4) is 0 Å². The second kappa shape index (κ2) is 9.31. The molecule has 5 rings (SSSR count). The Bertz CT molecular complexity index is 1150. The van der Waals surface area contributed by atoms with Gasteiger partial charge in [-0.05, 0) is 61.3 Å². The molecule has 0 radical (unpaired) electrons. The van der Waals surface area contributed by atoms with Crippen LogP contribution in [0.15, 0.2) is 77.3 Å². The Labute approximate surface area is 197 Å². The van der Waals surface area contributed by atoms with Crippen LogP contribution in [0.1, 0.15) is 36.0 Å². The first-order chi connectivity index (χ1) is 15.7. The summed E-state index contributed by atoms with van der Waals surface area (Å²) in [7, 11) is 0. The number of halogens is 1. The molecule has 0 aliphatic carbocycles. The number of benzene rings is 3. The van der Waals surface area contributed by atoms with Gasteiger partial charge in [-0.3, -0.25) is 9.69 Å². The summed E-state index contributed by atoms with van der Waals surface area (Å²) in [6.07, 6.45) is 3.95.